The van der Waals surface area contributed by atoms with Crippen molar-refractivity contribution >= 4 is 40.0 Å². The number of benzene rings is 1. The van der Waals surface area contributed by atoms with E-state index >= 15 is 0 Å². The van der Waals surface area contributed by atoms with Crippen LogP contribution in [0.2, 0.25) is 0 Å². The molecule has 2 N–H and O–H groups in total. The second kappa shape index (κ2) is 11.6. The van der Waals surface area contributed by atoms with E-state index in [1.165, 1.54) is 5.56 Å². The van der Waals surface area contributed by atoms with Gasteiger partial charge in [-0.1, -0.05) is 30.3 Å². The maximum Gasteiger partial charge on any atom is 0.208 e. The largest absolute Gasteiger partial charge is 0.357 e. The van der Waals surface area contributed by atoms with Crippen LogP contribution in [-0.4, -0.2) is 52.2 Å². The Morgan fingerprint density at radius 3 is 2.48 bits per heavy atom. The van der Waals surface area contributed by atoms with E-state index in [0.717, 1.165) is 25.3 Å². The number of aliphatic imine (C=N–C) groups is 1. The summed E-state index contributed by atoms with van der Waals surface area (Å²) in [6.07, 6.45) is 1.83. The number of rotatable bonds is 8. The third-order valence-corrected chi connectivity index (χ3v) is 3.65. The standard InChI is InChI=1S/C15H26N4O2S.HI/c1-4-16-15(17-11-8-12-18-22(3,20)21)19(2)13-14-9-6-5-7-10-14;/h5-7,9-10,18H,4,8,11-13H2,1-3H3,(H,16,17);1H. The topological polar surface area (TPSA) is 73.8 Å². The molecule has 0 spiro atoms. The molecule has 0 fully saturated rings. The Balaban J connectivity index is 0.00000484. The van der Waals surface area contributed by atoms with Gasteiger partial charge in [0.25, 0.3) is 0 Å². The first-order chi connectivity index (χ1) is 10.4. The fourth-order valence-corrected chi connectivity index (χ4v) is 2.44. The molecule has 0 aliphatic heterocycles. The van der Waals surface area contributed by atoms with Crippen molar-refractivity contribution in [3.05, 3.63) is 35.9 Å². The maximum absolute atomic E-state index is 11.0. The highest BCUT2D eigenvalue weighted by Gasteiger charge is 2.06. The number of hydrogen-bond acceptors (Lipinski definition) is 3. The van der Waals surface area contributed by atoms with E-state index in [4.69, 9.17) is 0 Å². The van der Waals surface area contributed by atoms with Gasteiger partial charge in [0.15, 0.2) is 5.96 Å². The zero-order chi connectivity index (χ0) is 16.4. The summed E-state index contributed by atoms with van der Waals surface area (Å²) in [4.78, 5) is 6.58. The molecule has 0 radical (unpaired) electrons. The molecule has 23 heavy (non-hydrogen) atoms. The van der Waals surface area contributed by atoms with Crippen molar-refractivity contribution in [2.24, 2.45) is 4.99 Å². The van der Waals surface area contributed by atoms with E-state index in [-0.39, 0.29) is 24.0 Å². The van der Waals surface area contributed by atoms with Crippen LogP contribution in [-0.2, 0) is 16.6 Å². The summed E-state index contributed by atoms with van der Waals surface area (Å²) in [5, 5.41) is 3.25. The summed E-state index contributed by atoms with van der Waals surface area (Å²) in [7, 11) is -1.13. The average Bonchev–Trinajstić information content (AvgIpc) is 2.45. The van der Waals surface area contributed by atoms with Gasteiger partial charge in [0.2, 0.25) is 10.0 Å². The van der Waals surface area contributed by atoms with Crippen LogP contribution in [0.3, 0.4) is 0 Å². The second-order valence-electron chi connectivity index (χ2n) is 5.10. The molecule has 0 unspecified atom stereocenters. The van der Waals surface area contributed by atoms with Crippen LogP contribution in [0, 0.1) is 0 Å². The Morgan fingerprint density at radius 2 is 1.91 bits per heavy atom. The molecule has 1 aromatic rings. The van der Waals surface area contributed by atoms with Gasteiger partial charge in [0, 0.05) is 33.2 Å². The van der Waals surface area contributed by atoms with Crippen LogP contribution < -0.4 is 10.0 Å². The number of halogens is 1. The first-order valence-corrected chi connectivity index (χ1v) is 9.29. The highest BCUT2D eigenvalue weighted by Crippen LogP contribution is 2.03. The number of nitrogens with zero attached hydrogens (tertiary/aromatic N) is 2. The normalized spacial score (nSPS) is 11.7. The molecule has 1 rings (SSSR count). The van der Waals surface area contributed by atoms with Gasteiger partial charge < -0.3 is 10.2 Å². The van der Waals surface area contributed by atoms with E-state index in [0.29, 0.717) is 19.5 Å². The van der Waals surface area contributed by atoms with Crippen molar-refractivity contribution in [1.82, 2.24) is 14.9 Å². The van der Waals surface area contributed by atoms with E-state index in [1.54, 1.807) is 0 Å². The Kier molecular flexibility index (Phi) is 11.2. The molecular formula is C15H27IN4O2S. The van der Waals surface area contributed by atoms with E-state index in [2.05, 4.69) is 32.1 Å². The minimum atomic E-state index is -3.12. The molecule has 0 saturated carbocycles. The predicted molar refractivity (Wildman–Crippen MR) is 107 cm³/mol. The predicted octanol–water partition coefficient (Wildman–Crippen LogP) is 1.64. The van der Waals surface area contributed by atoms with Crippen molar-refractivity contribution in [3.8, 4) is 0 Å². The van der Waals surface area contributed by atoms with Crippen LogP contribution in [0.5, 0.6) is 0 Å². The van der Waals surface area contributed by atoms with Gasteiger partial charge >= 0.3 is 0 Å². The molecule has 0 saturated heterocycles. The third kappa shape index (κ3) is 10.5. The van der Waals surface area contributed by atoms with Crippen molar-refractivity contribution in [1.29, 1.82) is 0 Å². The van der Waals surface area contributed by atoms with Gasteiger partial charge in [-0.25, -0.2) is 13.1 Å². The van der Waals surface area contributed by atoms with Crippen LogP contribution in [0.15, 0.2) is 35.3 Å². The Labute approximate surface area is 156 Å². The summed E-state index contributed by atoms with van der Waals surface area (Å²) in [5.41, 5.74) is 1.22. The molecule has 8 heteroatoms. The van der Waals surface area contributed by atoms with Crippen molar-refractivity contribution in [2.45, 2.75) is 19.9 Å². The Bertz CT molecular complexity index is 564. The van der Waals surface area contributed by atoms with Crippen molar-refractivity contribution < 1.29 is 8.42 Å². The molecule has 0 aromatic heterocycles. The minimum Gasteiger partial charge on any atom is -0.357 e. The van der Waals surface area contributed by atoms with Gasteiger partial charge in [-0.3, -0.25) is 4.99 Å². The Morgan fingerprint density at radius 1 is 1.26 bits per heavy atom. The van der Waals surface area contributed by atoms with Crippen LogP contribution in [0.1, 0.15) is 18.9 Å². The third-order valence-electron chi connectivity index (χ3n) is 2.92. The fourth-order valence-electron chi connectivity index (χ4n) is 1.92. The molecule has 0 atom stereocenters. The lowest BCUT2D eigenvalue weighted by atomic mass is 10.2. The van der Waals surface area contributed by atoms with E-state index in [9.17, 15) is 8.42 Å². The first-order valence-electron chi connectivity index (χ1n) is 7.40. The van der Waals surface area contributed by atoms with Crippen molar-refractivity contribution in [2.75, 3.05) is 32.9 Å². The summed E-state index contributed by atoms with van der Waals surface area (Å²) >= 11 is 0. The molecule has 0 heterocycles. The lowest BCUT2D eigenvalue weighted by Crippen LogP contribution is -2.38. The summed E-state index contributed by atoms with van der Waals surface area (Å²) in [6, 6.07) is 10.2. The molecule has 132 valence electrons. The van der Waals surface area contributed by atoms with Crippen LogP contribution >= 0.6 is 24.0 Å². The van der Waals surface area contributed by atoms with E-state index in [1.807, 2.05) is 32.2 Å². The smallest absolute Gasteiger partial charge is 0.208 e. The van der Waals surface area contributed by atoms with Crippen molar-refractivity contribution in [3.63, 3.8) is 0 Å². The van der Waals surface area contributed by atoms with Gasteiger partial charge in [0.05, 0.1) is 6.26 Å². The minimum absolute atomic E-state index is 0. The highest BCUT2D eigenvalue weighted by atomic mass is 127. The second-order valence-corrected chi connectivity index (χ2v) is 6.93. The molecule has 0 amide bonds. The summed E-state index contributed by atoms with van der Waals surface area (Å²) in [5.74, 6) is 0.825. The lowest BCUT2D eigenvalue weighted by molar-refractivity contribution is 0.476. The van der Waals surface area contributed by atoms with Crippen LogP contribution in [0.25, 0.3) is 0 Å². The molecule has 1 aromatic carbocycles. The van der Waals surface area contributed by atoms with Crippen LogP contribution in [0.4, 0.5) is 0 Å². The SMILES string of the molecule is CCNC(=NCCCNS(C)(=O)=O)N(C)Cc1ccccc1.I. The number of nitrogens with one attached hydrogen (secondary N) is 2. The Hall–Kier alpha value is -0.870. The average molecular weight is 454 g/mol. The summed E-state index contributed by atoms with van der Waals surface area (Å²) in [6.45, 7) is 4.57. The fraction of sp³-hybridized carbons (Fsp3) is 0.533. The number of guanidine groups is 1. The first kappa shape index (κ1) is 22.1. The molecule has 6 nitrogen and oxygen atoms in total. The number of hydrogen-bond donors (Lipinski definition) is 2. The van der Waals surface area contributed by atoms with Gasteiger partial charge in [-0.05, 0) is 18.9 Å². The van der Waals surface area contributed by atoms with Gasteiger partial charge in [-0.15, -0.1) is 24.0 Å². The highest BCUT2D eigenvalue weighted by molar-refractivity contribution is 14.0. The molecule has 0 aliphatic rings. The summed E-state index contributed by atoms with van der Waals surface area (Å²) < 4.78 is 24.4. The molecule has 0 bridgehead atoms. The quantitative estimate of drug-likeness (QED) is 0.271. The van der Waals surface area contributed by atoms with Gasteiger partial charge in [-0.2, -0.15) is 0 Å². The number of sulfonamides is 1. The maximum atomic E-state index is 11.0. The molecule has 0 aliphatic carbocycles. The lowest BCUT2D eigenvalue weighted by Gasteiger charge is -2.22. The monoisotopic (exact) mass is 454 g/mol. The zero-order valence-electron chi connectivity index (χ0n) is 13.9. The van der Waals surface area contributed by atoms with E-state index < -0.39 is 10.0 Å². The zero-order valence-corrected chi connectivity index (χ0v) is 17.1. The van der Waals surface area contributed by atoms with Gasteiger partial charge in [0.1, 0.15) is 0 Å². The molecular weight excluding hydrogens is 427 g/mol.